The average molecular weight is 287 g/mol. The van der Waals surface area contributed by atoms with Gasteiger partial charge in [0.1, 0.15) is 11.6 Å². The Morgan fingerprint density at radius 3 is 2.35 bits per heavy atom. The van der Waals surface area contributed by atoms with Gasteiger partial charge in [-0.3, -0.25) is 0 Å². The highest BCUT2D eigenvalue weighted by Gasteiger charge is 2.17. The van der Waals surface area contributed by atoms with Gasteiger partial charge in [0.15, 0.2) is 0 Å². The summed E-state index contributed by atoms with van der Waals surface area (Å²) in [6.45, 7) is 6.50. The van der Waals surface area contributed by atoms with Gasteiger partial charge < -0.3 is 15.5 Å². The predicted molar refractivity (Wildman–Crippen MR) is 74.3 cm³/mol. The minimum Gasteiger partial charge on any atom is -0.392 e. The summed E-state index contributed by atoms with van der Waals surface area (Å²) >= 11 is 0. The Hall–Kier alpha value is -1.04. The molecule has 1 aromatic rings. The number of hydrogen-bond donors (Lipinski definition) is 3. The Balaban J connectivity index is 2.42. The number of aliphatic hydroxyl groups excluding tert-OH is 2. The zero-order valence-corrected chi connectivity index (χ0v) is 12.2. The van der Waals surface area contributed by atoms with Gasteiger partial charge in [0.25, 0.3) is 0 Å². The maximum atomic E-state index is 13.4. The van der Waals surface area contributed by atoms with Gasteiger partial charge in [0.2, 0.25) is 0 Å². The maximum Gasteiger partial charge on any atom is 0.131 e. The Kier molecular flexibility index (Phi) is 6.05. The third kappa shape index (κ3) is 5.94. The lowest BCUT2D eigenvalue weighted by molar-refractivity contribution is 0.110. The van der Waals surface area contributed by atoms with Crippen molar-refractivity contribution >= 4 is 0 Å². The Labute approximate surface area is 118 Å². The number of halogens is 2. The van der Waals surface area contributed by atoms with Crippen molar-refractivity contribution < 1.29 is 19.0 Å². The molecule has 2 atom stereocenters. The van der Waals surface area contributed by atoms with Crippen LogP contribution in [-0.2, 0) is 0 Å². The summed E-state index contributed by atoms with van der Waals surface area (Å²) in [6, 6.07) is 3.08. The van der Waals surface area contributed by atoms with Crippen LogP contribution in [0.4, 0.5) is 8.78 Å². The molecular weight excluding hydrogens is 264 g/mol. The normalized spacial score (nSPS) is 15.2. The highest BCUT2D eigenvalue weighted by Crippen LogP contribution is 2.21. The first-order valence-corrected chi connectivity index (χ1v) is 6.71. The highest BCUT2D eigenvalue weighted by molar-refractivity contribution is 5.21. The summed E-state index contributed by atoms with van der Waals surface area (Å²) in [5.41, 5.74) is 0.0622. The van der Waals surface area contributed by atoms with E-state index in [1.165, 1.54) is 6.07 Å². The first-order chi connectivity index (χ1) is 9.19. The van der Waals surface area contributed by atoms with Crippen molar-refractivity contribution in [2.24, 2.45) is 5.41 Å². The summed E-state index contributed by atoms with van der Waals surface area (Å²) in [5.74, 6) is -1.44. The van der Waals surface area contributed by atoms with Crippen LogP contribution < -0.4 is 5.32 Å². The lowest BCUT2D eigenvalue weighted by Crippen LogP contribution is -2.32. The molecular formula is C15H23F2NO2. The summed E-state index contributed by atoms with van der Waals surface area (Å²) < 4.78 is 26.2. The molecule has 5 heteroatoms. The highest BCUT2D eigenvalue weighted by atomic mass is 19.1. The van der Waals surface area contributed by atoms with E-state index < -0.39 is 23.8 Å². The molecule has 0 spiro atoms. The van der Waals surface area contributed by atoms with E-state index in [9.17, 15) is 19.0 Å². The van der Waals surface area contributed by atoms with Gasteiger partial charge in [0.05, 0.1) is 12.2 Å². The number of rotatable bonds is 6. The smallest absolute Gasteiger partial charge is 0.131 e. The molecule has 0 saturated carbocycles. The van der Waals surface area contributed by atoms with E-state index in [0.29, 0.717) is 13.0 Å². The van der Waals surface area contributed by atoms with Crippen LogP contribution in [-0.4, -0.2) is 29.4 Å². The van der Waals surface area contributed by atoms with Crippen LogP contribution in [0, 0.1) is 17.0 Å². The van der Waals surface area contributed by atoms with Crippen molar-refractivity contribution in [2.75, 3.05) is 13.1 Å². The van der Waals surface area contributed by atoms with E-state index in [4.69, 9.17) is 0 Å². The van der Waals surface area contributed by atoms with Crippen LogP contribution >= 0.6 is 0 Å². The molecule has 0 aromatic heterocycles. The molecule has 2 unspecified atom stereocenters. The molecule has 0 bridgehead atoms. The maximum absolute atomic E-state index is 13.4. The zero-order valence-electron chi connectivity index (χ0n) is 12.2. The average Bonchev–Trinajstić information content (AvgIpc) is 2.25. The van der Waals surface area contributed by atoms with Gasteiger partial charge >= 0.3 is 0 Å². The SMILES string of the molecule is CC(C)(C)CC(O)CNCC(O)c1ccc(F)cc1F. The Morgan fingerprint density at radius 2 is 1.80 bits per heavy atom. The number of nitrogens with one attached hydrogen (secondary N) is 1. The van der Waals surface area contributed by atoms with Crippen LogP contribution in [0.1, 0.15) is 38.9 Å². The second kappa shape index (κ2) is 7.11. The van der Waals surface area contributed by atoms with Crippen LogP contribution in [0.5, 0.6) is 0 Å². The van der Waals surface area contributed by atoms with Crippen molar-refractivity contribution in [1.29, 1.82) is 0 Å². The predicted octanol–water partition coefficient (Wildman–Crippen LogP) is 2.38. The van der Waals surface area contributed by atoms with Crippen LogP contribution in [0.3, 0.4) is 0 Å². The van der Waals surface area contributed by atoms with E-state index in [-0.39, 0.29) is 17.5 Å². The standard InChI is InChI=1S/C15H23F2NO2/c1-15(2,3)7-11(19)8-18-9-14(20)12-5-4-10(16)6-13(12)17/h4-6,11,14,18-20H,7-9H2,1-3H3. The van der Waals surface area contributed by atoms with Crippen LogP contribution in [0.15, 0.2) is 18.2 Å². The molecule has 0 aliphatic carbocycles. The van der Waals surface area contributed by atoms with Gasteiger partial charge in [-0.1, -0.05) is 26.8 Å². The monoisotopic (exact) mass is 287 g/mol. The molecule has 3 N–H and O–H groups in total. The van der Waals surface area contributed by atoms with Crippen LogP contribution in [0.2, 0.25) is 0 Å². The van der Waals surface area contributed by atoms with Crippen molar-refractivity contribution in [1.82, 2.24) is 5.32 Å². The van der Waals surface area contributed by atoms with Crippen molar-refractivity contribution in [3.63, 3.8) is 0 Å². The number of benzene rings is 1. The van der Waals surface area contributed by atoms with Gasteiger partial charge in [-0.2, -0.15) is 0 Å². The summed E-state index contributed by atoms with van der Waals surface area (Å²) in [5, 5.41) is 22.5. The molecule has 114 valence electrons. The fourth-order valence-corrected chi connectivity index (χ4v) is 2.05. The Morgan fingerprint density at radius 1 is 1.15 bits per heavy atom. The van der Waals surface area contributed by atoms with E-state index in [1.54, 1.807) is 0 Å². The third-order valence-corrected chi connectivity index (χ3v) is 2.89. The lowest BCUT2D eigenvalue weighted by Gasteiger charge is -2.23. The minimum atomic E-state index is -1.07. The summed E-state index contributed by atoms with van der Waals surface area (Å²) in [4.78, 5) is 0. The van der Waals surface area contributed by atoms with Crippen molar-refractivity contribution in [2.45, 2.75) is 39.4 Å². The number of hydrogen-bond acceptors (Lipinski definition) is 3. The molecule has 0 aliphatic heterocycles. The molecule has 1 aromatic carbocycles. The van der Waals surface area contributed by atoms with E-state index in [2.05, 4.69) is 5.32 Å². The first-order valence-electron chi connectivity index (χ1n) is 6.71. The topological polar surface area (TPSA) is 52.5 Å². The van der Waals surface area contributed by atoms with Crippen molar-refractivity contribution in [3.8, 4) is 0 Å². The second-order valence-electron chi connectivity index (χ2n) is 6.26. The fourth-order valence-electron chi connectivity index (χ4n) is 2.05. The van der Waals surface area contributed by atoms with E-state index in [1.807, 2.05) is 20.8 Å². The summed E-state index contributed by atoms with van der Waals surface area (Å²) in [6.07, 6.45) is -0.973. The molecule has 0 radical (unpaired) electrons. The molecule has 3 nitrogen and oxygen atoms in total. The molecule has 1 rings (SSSR count). The third-order valence-electron chi connectivity index (χ3n) is 2.89. The molecule has 0 saturated heterocycles. The lowest BCUT2D eigenvalue weighted by atomic mass is 9.89. The second-order valence-corrected chi connectivity index (χ2v) is 6.26. The van der Waals surface area contributed by atoms with Gasteiger partial charge in [-0.15, -0.1) is 0 Å². The molecule has 0 amide bonds. The molecule has 0 heterocycles. The fraction of sp³-hybridized carbons (Fsp3) is 0.600. The van der Waals surface area contributed by atoms with Crippen molar-refractivity contribution in [3.05, 3.63) is 35.4 Å². The van der Waals surface area contributed by atoms with Gasteiger partial charge in [-0.25, -0.2) is 8.78 Å². The molecule has 0 aliphatic rings. The van der Waals surface area contributed by atoms with Gasteiger partial charge in [0, 0.05) is 24.7 Å². The number of aliphatic hydroxyl groups is 2. The summed E-state index contributed by atoms with van der Waals surface area (Å²) in [7, 11) is 0. The van der Waals surface area contributed by atoms with Crippen LogP contribution in [0.25, 0.3) is 0 Å². The largest absolute Gasteiger partial charge is 0.392 e. The first kappa shape index (κ1) is 17.0. The minimum absolute atomic E-state index is 0.0166. The zero-order chi connectivity index (χ0) is 15.3. The molecule has 0 fully saturated rings. The van der Waals surface area contributed by atoms with E-state index in [0.717, 1.165) is 12.1 Å². The Bertz CT molecular complexity index is 432. The van der Waals surface area contributed by atoms with E-state index >= 15 is 0 Å². The van der Waals surface area contributed by atoms with Gasteiger partial charge in [-0.05, 0) is 17.9 Å². The quantitative estimate of drug-likeness (QED) is 0.753. The molecule has 20 heavy (non-hydrogen) atoms.